The highest BCUT2D eigenvalue weighted by molar-refractivity contribution is 6.11. The third-order valence-corrected chi connectivity index (χ3v) is 6.15. The summed E-state index contributed by atoms with van der Waals surface area (Å²) < 4.78 is 6.05. The number of fused-ring (bicyclic) bond motifs is 2. The molecule has 0 saturated heterocycles. The first-order valence-electron chi connectivity index (χ1n) is 10.4. The Balaban J connectivity index is 1.78. The van der Waals surface area contributed by atoms with Crippen molar-refractivity contribution < 1.29 is 14.0 Å². The fourth-order valence-corrected chi connectivity index (χ4v) is 4.30. The maximum atomic E-state index is 13.6. The van der Waals surface area contributed by atoms with Crippen molar-refractivity contribution in [1.29, 1.82) is 0 Å². The first kappa shape index (κ1) is 19.9. The zero-order valence-electron chi connectivity index (χ0n) is 18.0. The van der Waals surface area contributed by atoms with E-state index in [1.807, 2.05) is 56.3 Å². The van der Waals surface area contributed by atoms with Crippen molar-refractivity contribution in [3.05, 3.63) is 111 Å². The van der Waals surface area contributed by atoms with Gasteiger partial charge in [-0.1, -0.05) is 30.3 Å². The molecule has 1 aromatic heterocycles. The molecular weight excluding hydrogens is 402 g/mol. The Morgan fingerprint density at radius 3 is 2.22 bits per heavy atom. The summed E-state index contributed by atoms with van der Waals surface area (Å²) in [7, 11) is 0. The molecule has 3 aromatic carbocycles. The summed E-state index contributed by atoms with van der Waals surface area (Å²) in [6.07, 6.45) is 0. The molecule has 0 saturated carbocycles. The first-order chi connectivity index (χ1) is 15.4. The van der Waals surface area contributed by atoms with Crippen LogP contribution in [0.25, 0.3) is 11.0 Å². The molecule has 0 radical (unpaired) electrons. The Morgan fingerprint density at radius 2 is 1.56 bits per heavy atom. The van der Waals surface area contributed by atoms with Crippen LogP contribution in [0, 0.1) is 13.8 Å². The molecule has 4 aromatic rings. The van der Waals surface area contributed by atoms with Gasteiger partial charge in [0.1, 0.15) is 5.58 Å². The van der Waals surface area contributed by atoms with Crippen LogP contribution in [0.15, 0.2) is 75.9 Å². The standard InChI is InChI=1S/C27H21NO4/c1-15-13-21-22(14-16(15)2)32-26-23(25(21)30)24(19-7-5-4-6-8-19)28(27(26)31)20-11-9-18(10-12-20)17(3)29/h4-14,24H,1-3H3. The number of ketones is 1. The van der Waals surface area contributed by atoms with E-state index < -0.39 is 6.04 Å². The molecule has 0 N–H and O–H groups in total. The predicted molar refractivity (Wildman–Crippen MR) is 123 cm³/mol. The van der Waals surface area contributed by atoms with Gasteiger partial charge < -0.3 is 4.42 Å². The smallest absolute Gasteiger partial charge is 0.295 e. The van der Waals surface area contributed by atoms with E-state index in [-0.39, 0.29) is 22.9 Å². The molecule has 5 nitrogen and oxygen atoms in total. The number of Topliss-reactive ketones (excluding diaryl/α,β-unsaturated/α-hetero) is 1. The molecule has 1 unspecified atom stereocenters. The van der Waals surface area contributed by atoms with E-state index in [1.165, 1.54) is 6.92 Å². The van der Waals surface area contributed by atoms with Gasteiger partial charge in [-0.15, -0.1) is 0 Å². The number of anilines is 1. The van der Waals surface area contributed by atoms with E-state index in [1.54, 1.807) is 29.2 Å². The van der Waals surface area contributed by atoms with Crippen LogP contribution in [0.2, 0.25) is 0 Å². The van der Waals surface area contributed by atoms with Crippen molar-refractivity contribution in [2.45, 2.75) is 26.8 Å². The van der Waals surface area contributed by atoms with Gasteiger partial charge in [-0.05, 0) is 73.9 Å². The molecule has 0 bridgehead atoms. The van der Waals surface area contributed by atoms with E-state index in [2.05, 4.69) is 0 Å². The molecule has 1 atom stereocenters. The Kier molecular flexibility index (Phi) is 4.55. The van der Waals surface area contributed by atoms with Gasteiger partial charge in [0.25, 0.3) is 5.91 Å². The minimum absolute atomic E-state index is 0.0546. The number of amides is 1. The highest BCUT2D eigenvalue weighted by atomic mass is 16.3. The van der Waals surface area contributed by atoms with Crippen molar-refractivity contribution in [3.63, 3.8) is 0 Å². The van der Waals surface area contributed by atoms with Crippen LogP contribution in [0.4, 0.5) is 5.69 Å². The zero-order chi connectivity index (χ0) is 22.6. The van der Waals surface area contributed by atoms with Gasteiger partial charge in [-0.2, -0.15) is 0 Å². The van der Waals surface area contributed by atoms with Gasteiger partial charge in [0.2, 0.25) is 5.76 Å². The van der Waals surface area contributed by atoms with Gasteiger partial charge in [0, 0.05) is 11.3 Å². The average Bonchev–Trinajstić information content (AvgIpc) is 3.08. The lowest BCUT2D eigenvalue weighted by Crippen LogP contribution is -2.29. The number of hydrogen-bond acceptors (Lipinski definition) is 4. The number of benzene rings is 3. The van der Waals surface area contributed by atoms with E-state index >= 15 is 0 Å². The summed E-state index contributed by atoms with van der Waals surface area (Å²) in [5.74, 6) is -0.363. The van der Waals surface area contributed by atoms with E-state index in [9.17, 15) is 14.4 Å². The second kappa shape index (κ2) is 7.31. The minimum atomic E-state index is -0.621. The van der Waals surface area contributed by atoms with Gasteiger partial charge in [-0.25, -0.2) is 0 Å². The largest absolute Gasteiger partial charge is 0.450 e. The summed E-state index contributed by atoms with van der Waals surface area (Å²) in [6, 6.07) is 19.3. The molecule has 5 heteroatoms. The minimum Gasteiger partial charge on any atom is -0.450 e. The number of hydrogen-bond donors (Lipinski definition) is 0. The molecule has 0 fully saturated rings. The van der Waals surface area contributed by atoms with Crippen LogP contribution in [0.3, 0.4) is 0 Å². The van der Waals surface area contributed by atoms with Gasteiger partial charge in [0.05, 0.1) is 17.0 Å². The molecule has 32 heavy (non-hydrogen) atoms. The monoisotopic (exact) mass is 423 g/mol. The number of aryl methyl sites for hydroxylation is 2. The lowest BCUT2D eigenvalue weighted by Gasteiger charge is -2.25. The lowest BCUT2D eigenvalue weighted by molar-refractivity contribution is 0.0970. The molecule has 0 spiro atoms. The fourth-order valence-electron chi connectivity index (χ4n) is 4.30. The van der Waals surface area contributed by atoms with E-state index in [4.69, 9.17) is 4.42 Å². The number of rotatable bonds is 3. The Labute approximate surface area is 184 Å². The van der Waals surface area contributed by atoms with Crippen LogP contribution in [-0.2, 0) is 0 Å². The highest BCUT2D eigenvalue weighted by Crippen LogP contribution is 2.41. The zero-order valence-corrected chi connectivity index (χ0v) is 18.0. The van der Waals surface area contributed by atoms with Crippen molar-refractivity contribution >= 4 is 28.3 Å². The summed E-state index contributed by atoms with van der Waals surface area (Å²) in [6.45, 7) is 5.39. The number of nitrogens with zero attached hydrogens (tertiary/aromatic N) is 1. The quantitative estimate of drug-likeness (QED) is 0.416. The van der Waals surface area contributed by atoms with Crippen molar-refractivity contribution in [3.8, 4) is 0 Å². The van der Waals surface area contributed by atoms with Crippen LogP contribution in [0.5, 0.6) is 0 Å². The van der Waals surface area contributed by atoms with E-state index in [0.29, 0.717) is 27.8 Å². The van der Waals surface area contributed by atoms with Crippen LogP contribution < -0.4 is 10.3 Å². The Hall–Kier alpha value is -3.99. The average molecular weight is 423 g/mol. The van der Waals surface area contributed by atoms with Crippen molar-refractivity contribution in [2.24, 2.45) is 0 Å². The fraction of sp³-hybridized carbons (Fsp3) is 0.148. The van der Waals surface area contributed by atoms with Crippen molar-refractivity contribution in [1.82, 2.24) is 0 Å². The number of carbonyl (C=O) groups excluding carboxylic acids is 2. The van der Waals surface area contributed by atoms with Crippen LogP contribution >= 0.6 is 0 Å². The molecule has 1 aliphatic rings. The van der Waals surface area contributed by atoms with Crippen molar-refractivity contribution in [2.75, 3.05) is 4.90 Å². The molecule has 158 valence electrons. The topological polar surface area (TPSA) is 67.6 Å². The van der Waals surface area contributed by atoms with Crippen LogP contribution in [0.1, 0.15) is 56.1 Å². The summed E-state index contributed by atoms with van der Waals surface area (Å²) in [5.41, 5.74) is 4.49. The molecule has 0 aliphatic carbocycles. The van der Waals surface area contributed by atoms with E-state index in [0.717, 1.165) is 16.7 Å². The van der Waals surface area contributed by atoms with Gasteiger partial charge >= 0.3 is 0 Å². The van der Waals surface area contributed by atoms with Gasteiger partial charge in [-0.3, -0.25) is 19.3 Å². The third-order valence-electron chi connectivity index (χ3n) is 6.15. The second-order valence-electron chi connectivity index (χ2n) is 8.20. The third kappa shape index (κ3) is 2.97. The summed E-state index contributed by atoms with van der Waals surface area (Å²) >= 11 is 0. The molecule has 1 aliphatic heterocycles. The predicted octanol–water partition coefficient (Wildman–Crippen LogP) is 5.36. The molecule has 1 amide bonds. The maximum Gasteiger partial charge on any atom is 0.295 e. The summed E-state index contributed by atoms with van der Waals surface area (Å²) in [5, 5.41) is 0.467. The Bertz CT molecular complexity index is 1450. The molecular formula is C27H21NO4. The maximum absolute atomic E-state index is 13.6. The normalized spacial score (nSPS) is 15.3. The van der Waals surface area contributed by atoms with Gasteiger partial charge in [0.15, 0.2) is 11.2 Å². The second-order valence-corrected chi connectivity index (χ2v) is 8.20. The lowest BCUT2D eigenvalue weighted by atomic mass is 9.97. The Morgan fingerprint density at radius 1 is 0.906 bits per heavy atom. The van der Waals surface area contributed by atoms with Crippen LogP contribution in [-0.4, -0.2) is 11.7 Å². The number of carbonyl (C=O) groups is 2. The SMILES string of the molecule is CC(=O)c1ccc(N2C(=O)c3oc4cc(C)c(C)cc4c(=O)c3C2c2ccccc2)cc1. The molecule has 2 heterocycles. The molecule has 5 rings (SSSR count). The first-order valence-corrected chi connectivity index (χ1v) is 10.4. The highest BCUT2D eigenvalue weighted by Gasteiger charge is 2.43. The summed E-state index contributed by atoms with van der Waals surface area (Å²) in [4.78, 5) is 40.5.